The van der Waals surface area contributed by atoms with Crippen molar-refractivity contribution in [3.05, 3.63) is 59.8 Å². The monoisotopic (exact) mass is 434 g/mol. The molecule has 8 heteroatoms. The number of hydrogen-bond acceptors (Lipinski definition) is 6. The molecule has 31 heavy (non-hydrogen) atoms. The number of nitrogens with zero attached hydrogens (tertiary/aromatic N) is 6. The van der Waals surface area contributed by atoms with Gasteiger partial charge < -0.3 is 9.80 Å². The summed E-state index contributed by atoms with van der Waals surface area (Å²) in [6.07, 6.45) is 11.4. The van der Waals surface area contributed by atoms with Gasteiger partial charge in [-0.1, -0.05) is 12.1 Å². The van der Waals surface area contributed by atoms with Gasteiger partial charge in [0.25, 0.3) is 0 Å². The summed E-state index contributed by atoms with van der Waals surface area (Å²) in [7, 11) is 1.82. The zero-order valence-corrected chi connectivity index (χ0v) is 18.7. The lowest BCUT2D eigenvalue weighted by Crippen LogP contribution is -2.49. The maximum absolute atomic E-state index is 12.5. The minimum absolute atomic E-state index is 0.0662. The lowest BCUT2D eigenvalue weighted by Gasteiger charge is -2.36. The van der Waals surface area contributed by atoms with E-state index in [4.69, 9.17) is 4.98 Å². The second-order valence-corrected chi connectivity index (χ2v) is 9.02. The number of carbonyl (C=O) groups is 1. The molecule has 2 aliphatic rings. The van der Waals surface area contributed by atoms with E-state index in [0.29, 0.717) is 0 Å². The van der Waals surface area contributed by atoms with E-state index in [9.17, 15) is 4.79 Å². The number of carbonyl (C=O) groups excluding carboxylic acids is 1. The lowest BCUT2D eigenvalue weighted by molar-refractivity contribution is -0.119. The Balaban J connectivity index is 1.26. The number of aromatic nitrogens is 4. The summed E-state index contributed by atoms with van der Waals surface area (Å²) in [6.45, 7) is 1.65. The van der Waals surface area contributed by atoms with Crippen molar-refractivity contribution in [3.8, 4) is 0 Å². The normalized spacial score (nSPS) is 17.7. The number of benzene rings is 1. The molecule has 1 atom stereocenters. The first-order valence-corrected chi connectivity index (χ1v) is 11.9. The van der Waals surface area contributed by atoms with Crippen molar-refractivity contribution in [2.45, 2.75) is 43.2 Å². The largest absolute Gasteiger partial charge is 0.343 e. The SMILES string of the molecule is CSc1ccc(Cn2cc(CCc3ncc4c(n3)N3CCC[C@H]3C(=O)N4C)cn2)cc1. The van der Waals surface area contributed by atoms with Crippen LogP contribution < -0.4 is 9.80 Å². The number of likely N-dealkylation sites (N-methyl/N-ethyl adjacent to an activating group) is 1. The van der Waals surface area contributed by atoms with E-state index >= 15 is 0 Å². The molecule has 2 aliphatic heterocycles. The summed E-state index contributed by atoms with van der Waals surface area (Å²) in [5.41, 5.74) is 3.23. The Morgan fingerprint density at radius 3 is 2.77 bits per heavy atom. The molecule has 1 fully saturated rings. The van der Waals surface area contributed by atoms with Crippen molar-refractivity contribution in [3.63, 3.8) is 0 Å². The molecule has 4 heterocycles. The minimum atomic E-state index is -0.0662. The maximum Gasteiger partial charge on any atom is 0.249 e. The first-order chi connectivity index (χ1) is 15.1. The molecule has 0 spiro atoms. The highest BCUT2D eigenvalue weighted by molar-refractivity contribution is 7.98. The maximum atomic E-state index is 12.5. The van der Waals surface area contributed by atoms with Crippen molar-refractivity contribution >= 4 is 29.2 Å². The lowest BCUT2D eigenvalue weighted by atomic mass is 10.1. The van der Waals surface area contributed by atoms with E-state index in [-0.39, 0.29) is 11.9 Å². The molecule has 160 valence electrons. The fraction of sp³-hybridized carbons (Fsp3) is 0.391. The number of anilines is 2. The van der Waals surface area contributed by atoms with E-state index in [2.05, 4.69) is 51.7 Å². The highest BCUT2D eigenvalue weighted by atomic mass is 32.2. The third-order valence-corrected chi connectivity index (χ3v) is 6.87. The van der Waals surface area contributed by atoms with Crippen LogP contribution in [0.1, 0.15) is 29.8 Å². The molecule has 3 aromatic rings. The van der Waals surface area contributed by atoms with Gasteiger partial charge in [-0.3, -0.25) is 9.48 Å². The van der Waals surface area contributed by atoms with Crippen LogP contribution in [-0.2, 0) is 24.2 Å². The van der Waals surface area contributed by atoms with Gasteiger partial charge >= 0.3 is 0 Å². The van der Waals surface area contributed by atoms with Gasteiger partial charge in [-0.2, -0.15) is 5.10 Å². The fourth-order valence-electron chi connectivity index (χ4n) is 4.39. The Bertz CT molecular complexity index is 1100. The molecular weight excluding hydrogens is 408 g/mol. The van der Waals surface area contributed by atoms with E-state index in [1.165, 1.54) is 16.0 Å². The van der Waals surface area contributed by atoms with Crippen LogP contribution in [0.5, 0.6) is 0 Å². The molecule has 1 aromatic carbocycles. The Morgan fingerprint density at radius 2 is 1.97 bits per heavy atom. The average molecular weight is 435 g/mol. The number of thioether (sulfide) groups is 1. The second kappa shape index (κ2) is 8.34. The molecule has 0 N–H and O–H groups in total. The topological polar surface area (TPSA) is 67.2 Å². The van der Waals surface area contributed by atoms with Crippen LogP contribution >= 0.6 is 11.8 Å². The van der Waals surface area contributed by atoms with Crippen molar-refractivity contribution in [2.24, 2.45) is 0 Å². The van der Waals surface area contributed by atoms with Gasteiger partial charge in [-0.05, 0) is 48.8 Å². The predicted molar refractivity (Wildman–Crippen MR) is 123 cm³/mol. The Morgan fingerprint density at radius 1 is 1.13 bits per heavy atom. The Hall–Kier alpha value is -2.87. The molecule has 5 rings (SSSR count). The summed E-state index contributed by atoms with van der Waals surface area (Å²) in [5.74, 6) is 1.86. The summed E-state index contributed by atoms with van der Waals surface area (Å²) in [5, 5.41) is 4.52. The third-order valence-electron chi connectivity index (χ3n) is 6.13. The molecule has 0 radical (unpaired) electrons. The van der Waals surface area contributed by atoms with Gasteiger partial charge in [0.2, 0.25) is 5.91 Å². The predicted octanol–water partition coefficient (Wildman–Crippen LogP) is 3.17. The molecule has 1 amide bonds. The molecule has 0 aliphatic carbocycles. The second-order valence-electron chi connectivity index (χ2n) is 8.14. The summed E-state index contributed by atoms with van der Waals surface area (Å²) in [6, 6.07) is 8.54. The van der Waals surface area contributed by atoms with Crippen LogP contribution in [0.25, 0.3) is 0 Å². The van der Waals surface area contributed by atoms with E-state index in [0.717, 1.165) is 56.1 Å². The molecule has 1 saturated heterocycles. The van der Waals surface area contributed by atoms with Crippen LogP contribution in [0.4, 0.5) is 11.5 Å². The quantitative estimate of drug-likeness (QED) is 0.555. The van der Waals surface area contributed by atoms with Crippen molar-refractivity contribution in [1.29, 1.82) is 0 Å². The van der Waals surface area contributed by atoms with Crippen molar-refractivity contribution in [2.75, 3.05) is 29.6 Å². The average Bonchev–Trinajstić information content (AvgIpc) is 3.46. The van der Waals surface area contributed by atoms with Crippen LogP contribution in [-0.4, -0.2) is 51.5 Å². The van der Waals surface area contributed by atoms with Crippen molar-refractivity contribution < 1.29 is 4.79 Å². The summed E-state index contributed by atoms with van der Waals surface area (Å²) < 4.78 is 1.98. The minimum Gasteiger partial charge on any atom is -0.343 e. The highest BCUT2D eigenvalue weighted by Gasteiger charge is 2.40. The van der Waals surface area contributed by atoms with Gasteiger partial charge in [-0.15, -0.1) is 11.8 Å². The van der Waals surface area contributed by atoms with Gasteiger partial charge in [0.15, 0.2) is 5.82 Å². The first-order valence-electron chi connectivity index (χ1n) is 10.7. The molecule has 0 bridgehead atoms. The van der Waals surface area contributed by atoms with Gasteiger partial charge in [0, 0.05) is 31.1 Å². The number of aryl methyl sites for hydroxylation is 2. The Kier molecular flexibility index (Phi) is 5.40. The number of hydrogen-bond donors (Lipinski definition) is 0. The number of fused-ring (bicyclic) bond motifs is 3. The van der Waals surface area contributed by atoms with Gasteiger partial charge in [0.05, 0.1) is 18.9 Å². The van der Waals surface area contributed by atoms with E-state index in [1.54, 1.807) is 22.9 Å². The summed E-state index contributed by atoms with van der Waals surface area (Å²) in [4.78, 5) is 27.1. The zero-order valence-electron chi connectivity index (χ0n) is 17.9. The van der Waals surface area contributed by atoms with Crippen LogP contribution in [0.15, 0.2) is 47.8 Å². The smallest absolute Gasteiger partial charge is 0.249 e. The van der Waals surface area contributed by atoms with Crippen molar-refractivity contribution in [1.82, 2.24) is 19.7 Å². The van der Waals surface area contributed by atoms with Gasteiger partial charge in [0.1, 0.15) is 17.6 Å². The van der Waals surface area contributed by atoms with Crippen LogP contribution in [0.2, 0.25) is 0 Å². The highest BCUT2D eigenvalue weighted by Crippen LogP contribution is 2.37. The molecule has 7 nitrogen and oxygen atoms in total. The number of rotatable bonds is 6. The molecule has 0 saturated carbocycles. The first kappa shape index (κ1) is 20.1. The Labute approximate surface area is 186 Å². The van der Waals surface area contributed by atoms with E-state index in [1.807, 2.05) is 17.9 Å². The zero-order chi connectivity index (χ0) is 21.4. The fourth-order valence-corrected chi connectivity index (χ4v) is 4.79. The summed E-state index contributed by atoms with van der Waals surface area (Å²) >= 11 is 1.75. The molecule has 2 aromatic heterocycles. The van der Waals surface area contributed by atoms with Crippen LogP contribution in [0.3, 0.4) is 0 Å². The standard InChI is InChI=1S/C23H26N6OS/c1-27-20-13-24-21(26-22(20)29-11-3-4-19(29)23(27)30)10-7-17-12-25-28(15-17)14-16-5-8-18(31-2)9-6-16/h5-6,8-9,12-13,15,19H,3-4,7,10-11,14H2,1-2H3/t19-/m0/s1. The third kappa shape index (κ3) is 3.92. The van der Waals surface area contributed by atoms with Gasteiger partial charge in [-0.25, -0.2) is 9.97 Å². The number of amides is 1. The molecule has 0 unspecified atom stereocenters. The van der Waals surface area contributed by atoms with E-state index < -0.39 is 0 Å². The van der Waals surface area contributed by atoms with Crippen LogP contribution in [0, 0.1) is 0 Å². The molecular formula is C23H26N6OS.